The van der Waals surface area contributed by atoms with Crippen LogP contribution in [-0.2, 0) is 19.6 Å². The van der Waals surface area contributed by atoms with E-state index < -0.39 is 20.7 Å². The smallest absolute Gasteiger partial charge is 0.326 e. The van der Waals surface area contributed by atoms with Crippen molar-refractivity contribution >= 4 is 16.0 Å². The third-order valence-corrected chi connectivity index (χ3v) is 9.85. The highest BCUT2D eigenvalue weighted by molar-refractivity contribution is 7.91. The predicted octanol–water partition coefficient (Wildman–Crippen LogP) is 3.14. The van der Waals surface area contributed by atoms with Gasteiger partial charge >= 0.3 is 5.97 Å². The molecule has 2 heterocycles. The van der Waals surface area contributed by atoms with Crippen molar-refractivity contribution in [1.82, 2.24) is 4.31 Å². The van der Waals surface area contributed by atoms with Crippen molar-refractivity contribution in [2.24, 2.45) is 5.73 Å². The molecule has 0 spiro atoms. The number of nitrogens with two attached hydrogens (primary N) is 1. The van der Waals surface area contributed by atoms with Crippen LogP contribution in [0.1, 0.15) is 42.7 Å². The van der Waals surface area contributed by atoms with E-state index in [9.17, 15) is 18.3 Å². The average Bonchev–Trinajstić information content (AvgIpc) is 2.88. The van der Waals surface area contributed by atoms with E-state index in [0.29, 0.717) is 39.1 Å². The number of benzene rings is 2. The lowest BCUT2D eigenvalue weighted by Gasteiger charge is -2.39. The van der Waals surface area contributed by atoms with E-state index in [1.807, 2.05) is 18.2 Å². The van der Waals surface area contributed by atoms with Crippen molar-refractivity contribution in [3.05, 3.63) is 53.6 Å². The minimum Gasteiger partial charge on any atom is -0.492 e. The van der Waals surface area contributed by atoms with E-state index in [1.54, 1.807) is 0 Å². The Balaban J connectivity index is 1.46. The van der Waals surface area contributed by atoms with E-state index >= 15 is 0 Å². The molecule has 2 aliphatic rings. The van der Waals surface area contributed by atoms with Crippen LogP contribution in [0.15, 0.2) is 42.5 Å². The van der Waals surface area contributed by atoms with Crippen LogP contribution in [0.5, 0.6) is 5.75 Å². The lowest BCUT2D eigenvalue weighted by Crippen LogP contribution is -2.57. The van der Waals surface area contributed by atoms with Crippen LogP contribution < -0.4 is 10.5 Å². The van der Waals surface area contributed by atoms with Crippen molar-refractivity contribution in [3.8, 4) is 16.9 Å². The van der Waals surface area contributed by atoms with Crippen LogP contribution in [0.25, 0.3) is 11.1 Å². The molecule has 190 valence electrons. The maximum absolute atomic E-state index is 13.4. The largest absolute Gasteiger partial charge is 0.492 e. The van der Waals surface area contributed by atoms with E-state index in [4.69, 9.17) is 15.2 Å². The number of rotatable bonds is 8. The summed E-state index contributed by atoms with van der Waals surface area (Å²) in [6.07, 6.45) is 1.30. The topological polar surface area (TPSA) is 119 Å². The standard InChI is InChI=1S/C26H34N2O6S/c1-19-17-21(5-6-24(19)22-3-2-4-23(18-22)34-16-11-27)20-7-12-28(13-8-20)35(31,32)26(25(29)30)9-14-33-15-10-26/h2-6,17-18,20H,7-16,27H2,1H3,(H,29,30). The van der Waals surface area contributed by atoms with Gasteiger partial charge in [0.25, 0.3) is 0 Å². The van der Waals surface area contributed by atoms with Crippen LogP contribution in [0.2, 0.25) is 0 Å². The molecule has 0 radical (unpaired) electrons. The maximum atomic E-state index is 13.4. The quantitative estimate of drug-likeness (QED) is 0.569. The second kappa shape index (κ2) is 10.7. The van der Waals surface area contributed by atoms with Gasteiger partial charge in [-0.2, -0.15) is 0 Å². The molecular formula is C26H34N2O6S. The van der Waals surface area contributed by atoms with E-state index in [0.717, 1.165) is 22.4 Å². The van der Waals surface area contributed by atoms with Gasteiger partial charge in [0.15, 0.2) is 4.75 Å². The van der Waals surface area contributed by atoms with Gasteiger partial charge in [-0.05, 0) is 60.1 Å². The molecule has 0 atom stereocenters. The van der Waals surface area contributed by atoms with Gasteiger partial charge < -0.3 is 20.3 Å². The first-order chi connectivity index (χ1) is 16.8. The zero-order valence-electron chi connectivity index (χ0n) is 20.1. The van der Waals surface area contributed by atoms with Crippen molar-refractivity contribution in [3.63, 3.8) is 0 Å². The lowest BCUT2D eigenvalue weighted by molar-refractivity contribution is -0.142. The van der Waals surface area contributed by atoms with Gasteiger partial charge in [-0.25, -0.2) is 12.7 Å². The molecule has 2 aromatic rings. The van der Waals surface area contributed by atoms with Crippen LogP contribution >= 0.6 is 0 Å². The van der Waals surface area contributed by atoms with Crippen molar-refractivity contribution < 1.29 is 27.8 Å². The van der Waals surface area contributed by atoms with E-state index in [-0.39, 0.29) is 32.0 Å². The highest BCUT2D eigenvalue weighted by Gasteiger charge is 2.54. The second-order valence-electron chi connectivity index (χ2n) is 9.33. The summed E-state index contributed by atoms with van der Waals surface area (Å²) in [5.41, 5.74) is 10.0. The first kappa shape index (κ1) is 25.6. The first-order valence-corrected chi connectivity index (χ1v) is 13.6. The monoisotopic (exact) mass is 502 g/mol. The van der Waals surface area contributed by atoms with Crippen LogP contribution in [0.4, 0.5) is 0 Å². The molecule has 0 unspecified atom stereocenters. The number of carbonyl (C=O) groups is 1. The van der Waals surface area contributed by atoms with Gasteiger partial charge in [-0.3, -0.25) is 4.79 Å². The maximum Gasteiger partial charge on any atom is 0.326 e. The fourth-order valence-corrected chi connectivity index (χ4v) is 7.24. The Kier molecular flexibility index (Phi) is 7.80. The number of hydrogen-bond acceptors (Lipinski definition) is 6. The minimum absolute atomic E-state index is 0.0102. The number of hydrogen-bond donors (Lipinski definition) is 2. The summed E-state index contributed by atoms with van der Waals surface area (Å²) in [6, 6.07) is 14.3. The fraction of sp³-hybridized carbons (Fsp3) is 0.500. The Hall–Kier alpha value is -2.46. The summed E-state index contributed by atoms with van der Waals surface area (Å²) in [7, 11) is -3.98. The molecule has 4 rings (SSSR count). The van der Waals surface area contributed by atoms with Gasteiger partial charge in [-0.15, -0.1) is 0 Å². The number of carboxylic acid groups (broad SMARTS) is 1. The Morgan fingerprint density at radius 3 is 2.51 bits per heavy atom. The molecule has 2 fully saturated rings. The zero-order chi connectivity index (χ0) is 25.1. The molecule has 0 bridgehead atoms. The van der Waals surface area contributed by atoms with Crippen molar-refractivity contribution in [2.45, 2.75) is 43.3 Å². The van der Waals surface area contributed by atoms with Gasteiger partial charge in [-0.1, -0.05) is 30.3 Å². The van der Waals surface area contributed by atoms with Gasteiger partial charge in [0, 0.05) is 45.7 Å². The number of ether oxygens (including phenoxy) is 2. The van der Waals surface area contributed by atoms with Crippen LogP contribution in [-0.4, -0.2) is 68.0 Å². The number of aliphatic carboxylic acids is 1. The third-order valence-electron chi connectivity index (χ3n) is 7.23. The number of carboxylic acids is 1. The van der Waals surface area contributed by atoms with Gasteiger partial charge in [0.1, 0.15) is 12.4 Å². The number of aryl methyl sites for hydroxylation is 1. The highest BCUT2D eigenvalue weighted by atomic mass is 32.2. The molecule has 2 saturated heterocycles. The van der Waals surface area contributed by atoms with Crippen LogP contribution in [0.3, 0.4) is 0 Å². The number of nitrogens with zero attached hydrogens (tertiary/aromatic N) is 1. The third kappa shape index (κ3) is 5.09. The molecule has 9 heteroatoms. The summed E-state index contributed by atoms with van der Waals surface area (Å²) < 4.78 is 37.3. The van der Waals surface area contributed by atoms with Gasteiger partial charge in [0.2, 0.25) is 10.0 Å². The number of piperidine rings is 1. The zero-order valence-corrected chi connectivity index (χ0v) is 20.9. The molecule has 35 heavy (non-hydrogen) atoms. The summed E-state index contributed by atoms with van der Waals surface area (Å²) in [6.45, 7) is 3.95. The molecule has 0 saturated carbocycles. The second-order valence-corrected chi connectivity index (χ2v) is 11.6. The fourth-order valence-electron chi connectivity index (χ4n) is 5.15. The molecule has 2 aromatic carbocycles. The summed E-state index contributed by atoms with van der Waals surface area (Å²) in [5.74, 6) is -0.260. The molecule has 8 nitrogen and oxygen atoms in total. The Bertz CT molecular complexity index is 1150. The SMILES string of the molecule is Cc1cc(C2CCN(S(=O)(=O)C3(C(=O)O)CCOCC3)CC2)ccc1-c1cccc(OCCN)c1. The number of sulfonamides is 1. The molecule has 0 aromatic heterocycles. The highest BCUT2D eigenvalue weighted by Crippen LogP contribution is 2.38. The Morgan fingerprint density at radius 2 is 1.89 bits per heavy atom. The minimum atomic E-state index is -3.98. The average molecular weight is 503 g/mol. The van der Waals surface area contributed by atoms with E-state index in [2.05, 4.69) is 31.2 Å². The Morgan fingerprint density at radius 1 is 1.17 bits per heavy atom. The molecule has 0 aliphatic carbocycles. The summed E-state index contributed by atoms with van der Waals surface area (Å²) in [5, 5.41) is 9.82. The molecule has 2 aliphatic heterocycles. The Labute approximate surface area is 207 Å². The van der Waals surface area contributed by atoms with E-state index in [1.165, 1.54) is 9.87 Å². The summed E-state index contributed by atoms with van der Waals surface area (Å²) >= 11 is 0. The van der Waals surface area contributed by atoms with Crippen LogP contribution in [0, 0.1) is 6.92 Å². The van der Waals surface area contributed by atoms with Crippen molar-refractivity contribution in [1.29, 1.82) is 0 Å². The van der Waals surface area contributed by atoms with Crippen molar-refractivity contribution in [2.75, 3.05) is 39.5 Å². The molecular weight excluding hydrogens is 468 g/mol. The first-order valence-electron chi connectivity index (χ1n) is 12.1. The normalized spacial score (nSPS) is 19.4. The molecule has 0 amide bonds. The predicted molar refractivity (Wildman–Crippen MR) is 134 cm³/mol. The summed E-state index contributed by atoms with van der Waals surface area (Å²) in [4.78, 5) is 12.0. The molecule has 3 N–H and O–H groups in total. The van der Waals surface area contributed by atoms with Gasteiger partial charge in [0.05, 0.1) is 0 Å². The lowest BCUT2D eigenvalue weighted by atomic mass is 9.87.